The van der Waals surface area contributed by atoms with Crippen molar-refractivity contribution in [2.24, 2.45) is 92.7 Å². The van der Waals surface area contributed by atoms with Crippen molar-refractivity contribution in [2.75, 3.05) is 78.0 Å². The molecular formula is C105H173Cl2N3O19Si4. The van der Waals surface area contributed by atoms with Gasteiger partial charge in [-0.15, -0.1) is 23.2 Å². The zero-order chi connectivity index (χ0) is 98.3. The van der Waals surface area contributed by atoms with Gasteiger partial charge in [0, 0.05) is 78.9 Å². The van der Waals surface area contributed by atoms with Gasteiger partial charge in [-0.3, -0.25) is 14.4 Å². The average molecular weight is 1960 g/mol. The first-order valence-electron chi connectivity index (χ1n) is 49.9. The number of ether oxygens (including phenoxy) is 8. The number of nitrogens with one attached hydrogen (secondary N) is 3. The summed E-state index contributed by atoms with van der Waals surface area (Å²) in [4.78, 5) is 53.6. The number of hydrogen-bond acceptors (Lipinski definition) is 19. The molecule has 8 saturated carbocycles. The molecule has 6 N–H and O–H groups in total. The lowest BCUT2D eigenvalue weighted by Gasteiger charge is -2.43. The maximum atomic E-state index is 13.9. The van der Waals surface area contributed by atoms with Crippen LogP contribution >= 0.6 is 23.2 Å². The van der Waals surface area contributed by atoms with E-state index in [1.807, 2.05) is 91.0 Å². The molecule has 4 saturated heterocycles. The van der Waals surface area contributed by atoms with Gasteiger partial charge in [0.2, 0.25) is 17.7 Å². The fraction of sp³-hybridized carbons (Fsp3) is 0.790. The van der Waals surface area contributed by atoms with Crippen molar-refractivity contribution < 1.29 is 90.1 Å². The lowest BCUT2D eigenvalue weighted by atomic mass is 9.89. The fourth-order valence-electron chi connectivity index (χ4n) is 21.7. The number of rotatable bonds is 21. The van der Waals surface area contributed by atoms with Crippen LogP contribution in [0.1, 0.15) is 250 Å². The highest BCUT2D eigenvalue weighted by atomic mass is 35.5. The van der Waals surface area contributed by atoms with Crippen LogP contribution in [0.3, 0.4) is 0 Å². The van der Waals surface area contributed by atoms with E-state index in [9.17, 15) is 34.5 Å². The number of alkyl halides is 2. The molecule has 0 radical (unpaired) electrons. The van der Waals surface area contributed by atoms with Crippen molar-refractivity contribution in [3.63, 3.8) is 0 Å². The first-order valence-corrected chi connectivity index (χ1v) is 62.6. The van der Waals surface area contributed by atoms with Gasteiger partial charge in [0.25, 0.3) is 0 Å². The Hall–Kier alpha value is -3.41. The average Bonchev–Trinajstić information content (AvgIpc) is 1.61. The minimum atomic E-state index is -2.08. The largest absolute Gasteiger partial charge is 0.413 e. The van der Waals surface area contributed by atoms with Crippen molar-refractivity contribution in [1.29, 1.82) is 0 Å². The molecular weight excluding hydrogens is 1790 g/mol. The van der Waals surface area contributed by atoms with E-state index in [1.54, 1.807) is 0 Å². The molecule has 133 heavy (non-hydrogen) atoms. The van der Waals surface area contributed by atoms with Crippen molar-refractivity contribution >= 4 is 80.5 Å². The normalized spacial score (nSPS) is 31.4. The Labute approximate surface area is 813 Å². The van der Waals surface area contributed by atoms with Gasteiger partial charge in [-0.2, -0.15) is 0 Å². The number of carbonyl (C=O) groups is 4. The summed E-state index contributed by atoms with van der Waals surface area (Å²) in [6.07, 6.45) is 10.7. The monoisotopic (exact) mass is 1960 g/mol. The second-order valence-corrected chi connectivity index (χ2v) is 70.7. The van der Waals surface area contributed by atoms with E-state index in [2.05, 4.69) is 207 Å². The van der Waals surface area contributed by atoms with Crippen molar-refractivity contribution in [3.05, 3.63) is 108 Å². The summed E-state index contributed by atoms with van der Waals surface area (Å²) in [6, 6.07) is 27.7. The van der Waals surface area contributed by atoms with E-state index in [-0.39, 0.29) is 151 Å². The van der Waals surface area contributed by atoms with Crippen molar-refractivity contribution in [1.82, 2.24) is 16.0 Å². The van der Waals surface area contributed by atoms with Crippen LogP contribution < -0.4 is 16.0 Å². The number of halogens is 2. The first kappa shape index (κ1) is 110. The summed E-state index contributed by atoms with van der Waals surface area (Å²) in [6.45, 7) is 67.4. The molecule has 4 aliphatic heterocycles. The van der Waals surface area contributed by atoms with Crippen LogP contribution in [0.2, 0.25) is 72.5 Å². The number of fused-ring (bicyclic) bond motifs is 4. The molecule has 0 aromatic heterocycles. The van der Waals surface area contributed by atoms with Crippen LogP contribution in [0, 0.1) is 92.7 Å². The van der Waals surface area contributed by atoms with Crippen molar-refractivity contribution in [2.45, 2.75) is 354 Å². The highest BCUT2D eigenvalue weighted by molar-refractivity contribution is 6.75. The SMILES string of the molecule is CC1(C)COC2(C[C@@H]3C[C@H](O[Si](C)(C)C(C)(C)C)[C@@H](C(=O)N[C@@H](CO)c4ccccc4)[C@@H]3C2)OC1.CC1(C)COC2(C[C@H]3C[C@@H](O[Si](C)(C)C(C)(C)C)[C@H](C(=O)N[C@@H](CO)c4ccccc4)[C@H]3C2)OC1.CC1(C)COC2(C[C@H]3C[C@@H](O[Si](C)(C)C(C)(C)C)[C@H](C(=O)N[C@@H](CO)c4ccccc4)[C@H]3C2)OC1.CC1(C)COC2(C[C@H]3C[C@@H](O[Si](C)(C)C(C)(C)C)[C@H](C=O)[C@H]3C2)OC1.ClCCl. The smallest absolute Gasteiger partial charge is 0.226 e. The van der Waals surface area contributed by atoms with E-state index >= 15 is 0 Å². The van der Waals surface area contributed by atoms with Gasteiger partial charge < -0.3 is 91.7 Å². The summed E-state index contributed by atoms with van der Waals surface area (Å²) in [5.41, 5.74) is 2.84. The molecule has 4 spiro atoms. The summed E-state index contributed by atoms with van der Waals surface area (Å²) in [5.74, 6) is -0.939. The summed E-state index contributed by atoms with van der Waals surface area (Å²) < 4.78 is 77.8. The van der Waals surface area contributed by atoms with Crippen molar-refractivity contribution in [3.8, 4) is 0 Å². The molecule has 3 aromatic rings. The summed E-state index contributed by atoms with van der Waals surface area (Å²) >= 11 is 9.53. The number of benzene rings is 3. The molecule has 12 aliphatic rings. The van der Waals surface area contributed by atoms with E-state index < -0.39 is 74.5 Å². The zero-order valence-corrected chi connectivity index (χ0v) is 91.8. The van der Waals surface area contributed by atoms with Crippen LogP contribution in [0.5, 0.6) is 0 Å². The van der Waals surface area contributed by atoms with E-state index in [0.717, 1.165) is 113 Å². The molecule has 752 valence electrons. The summed E-state index contributed by atoms with van der Waals surface area (Å²) in [7, 11) is -8.09. The lowest BCUT2D eigenvalue weighted by molar-refractivity contribution is -0.298. The maximum Gasteiger partial charge on any atom is 0.226 e. The standard InChI is InChI=1S/3C28H45NO5Si.C20H36O4Si.CH2Cl2/c3*1-26(2,3)35(6,7)34-23-13-20-14-28(32-17-27(4,5)18-33-28)15-21(20)24(23)25(31)29-22(16-30)19-11-9-8-10-12-19;1-18(2,3)25(6,7)24-17-8-14-9-20(10-15(14)16(17)11-21)22-12-19(4,5)13-23-20;2-1-3/h3*8-12,20-24,30H,13-18H2,1-7H3,(H,29,31);11,14-17H,8-10,12-13H2,1-7H3;1H2/t2*20-,21+,22+,23-,24-;20-,21+,22-,23-,24-;14-,15+,16-,17-;/m1101./s1. The van der Waals surface area contributed by atoms with E-state index in [0.29, 0.717) is 69.2 Å². The Morgan fingerprint density at radius 3 is 0.759 bits per heavy atom. The Kier molecular flexibility index (Phi) is 34.9. The molecule has 3 aromatic carbocycles. The van der Waals surface area contributed by atoms with Gasteiger partial charge in [0.05, 0.1) is 138 Å². The minimum absolute atomic E-state index is 0.0116. The molecule has 8 aliphatic carbocycles. The number of aliphatic hydroxyl groups is 3. The number of hydrogen-bond donors (Lipinski definition) is 6. The van der Waals surface area contributed by atoms with Gasteiger partial charge in [-0.05, 0) is 162 Å². The maximum absolute atomic E-state index is 13.9. The molecule has 4 heterocycles. The van der Waals surface area contributed by atoms with Gasteiger partial charge >= 0.3 is 0 Å². The predicted molar refractivity (Wildman–Crippen MR) is 535 cm³/mol. The number of aliphatic hydroxyl groups excluding tert-OH is 3. The third kappa shape index (κ3) is 26.2. The fourth-order valence-corrected chi connectivity index (χ4v) is 27.1. The number of aldehydes is 1. The molecule has 12 fully saturated rings. The zero-order valence-electron chi connectivity index (χ0n) is 86.3. The van der Waals surface area contributed by atoms with Crippen LogP contribution in [-0.4, -0.2) is 198 Å². The van der Waals surface area contributed by atoms with Crippen LogP contribution in [0.15, 0.2) is 91.0 Å². The Bertz CT molecular complexity index is 3920. The second kappa shape index (κ2) is 42.2. The molecule has 22 nitrogen and oxygen atoms in total. The van der Waals surface area contributed by atoms with Gasteiger partial charge in [0.15, 0.2) is 56.4 Å². The molecule has 0 unspecified atom stereocenters. The predicted octanol–water partition coefficient (Wildman–Crippen LogP) is 20.9. The Balaban J connectivity index is 0.000000170. The highest BCUT2D eigenvalue weighted by Crippen LogP contribution is 2.62. The first-order chi connectivity index (χ1) is 61.6. The number of carbonyl (C=O) groups excluding carboxylic acids is 4. The molecule has 19 atom stereocenters. The van der Waals surface area contributed by atoms with Gasteiger partial charge in [-0.25, -0.2) is 0 Å². The summed E-state index contributed by atoms with van der Waals surface area (Å²) in [5, 5.41) is 40.3. The topological polar surface area (TPSA) is 276 Å². The Morgan fingerprint density at radius 2 is 0.556 bits per heavy atom. The number of amides is 3. The van der Waals surface area contributed by atoms with Gasteiger partial charge in [0.1, 0.15) is 6.29 Å². The second-order valence-electron chi connectivity index (χ2n) is 50.9. The van der Waals surface area contributed by atoms with Crippen LogP contribution in [0.4, 0.5) is 0 Å². The minimum Gasteiger partial charge on any atom is -0.413 e. The molecule has 28 heteroatoms. The van der Waals surface area contributed by atoms with Crippen LogP contribution in [0.25, 0.3) is 0 Å². The van der Waals surface area contributed by atoms with Gasteiger partial charge in [-0.1, -0.05) is 229 Å². The lowest BCUT2D eigenvalue weighted by Crippen LogP contribution is -2.50. The molecule has 15 rings (SSSR count). The molecule has 3 amide bonds. The third-order valence-corrected chi connectivity index (χ3v) is 51.6. The third-order valence-electron chi connectivity index (χ3n) is 33.5. The van der Waals surface area contributed by atoms with E-state index in [1.165, 1.54) is 0 Å². The quantitative estimate of drug-likeness (QED) is 0.0328. The van der Waals surface area contributed by atoms with Crippen LogP contribution in [-0.2, 0) is 74.8 Å². The molecule has 0 bridgehead atoms. The van der Waals surface area contributed by atoms with E-state index in [4.69, 9.17) is 78.8 Å². The highest BCUT2D eigenvalue weighted by Gasteiger charge is 2.66. The Morgan fingerprint density at radius 1 is 0.361 bits per heavy atom.